The largest absolute Gasteiger partial charge is 0.374 e. The van der Waals surface area contributed by atoms with Crippen LogP contribution >= 0.6 is 0 Å². The summed E-state index contributed by atoms with van der Waals surface area (Å²) >= 11 is 0. The highest BCUT2D eigenvalue weighted by Gasteiger charge is 2.23. The number of piperidine rings is 1. The molecule has 1 amide bonds. The van der Waals surface area contributed by atoms with Crippen molar-refractivity contribution in [1.82, 2.24) is 20.4 Å². The first-order valence-corrected chi connectivity index (χ1v) is 11.9. The summed E-state index contributed by atoms with van der Waals surface area (Å²) in [6, 6.07) is 0. The topological polar surface area (TPSA) is 95.2 Å². The summed E-state index contributed by atoms with van der Waals surface area (Å²) < 4.78 is 5.91. The van der Waals surface area contributed by atoms with Crippen molar-refractivity contribution in [3.05, 3.63) is 0 Å². The number of nitrogens with one attached hydrogen (secondary N) is 2. The lowest BCUT2D eigenvalue weighted by Crippen LogP contribution is -2.46. The van der Waals surface area contributed by atoms with Gasteiger partial charge < -0.3 is 26.0 Å². The van der Waals surface area contributed by atoms with Gasteiger partial charge in [-0.25, -0.2) is 0 Å². The van der Waals surface area contributed by atoms with Crippen LogP contribution in [0.4, 0.5) is 0 Å². The molecule has 8 heteroatoms. The van der Waals surface area contributed by atoms with Gasteiger partial charge in [0.05, 0.1) is 19.3 Å². The van der Waals surface area contributed by atoms with E-state index >= 15 is 0 Å². The van der Waals surface area contributed by atoms with Gasteiger partial charge >= 0.3 is 0 Å². The number of nitrogens with two attached hydrogens (primary N) is 1. The van der Waals surface area contributed by atoms with E-state index in [1.165, 1.54) is 0 Å². The molecule has 2 aliphatic heterocycles. The number of ether oxygens (including phenoxy) is 1. The average Bonchev–Trinajstić information content (AvgIpc) is 2.72. The minimum atomic E-state index is -0.139. The fourth-order valence-corrected chi connectivity index (χ4v) is 4.22. The summed E-state index contributed by atoms with van der Waals surface area (Å²) in [5, 5.41) is 6.79. The Morgan fingerprint density at radius 1 is 1.17 bits per heavy atom. The predicted octanol–water partition coefficient (Wildman–Crippen LogP) is 0.876. The number of carbonyl (C=O) groups is 1. The van der Waals surface area contributed by atoms with Gasteiger partial charge in [-0.2, -0.15) is 0 Å². The monoisotopic (exact) mass is 424 g/mol. The van der Waals surface area contributed by atoms with Crippen LogP contribution in [0.3, 0.4) is 0 Å². The van der Waals surface area contributed by atoms with Crippen molar-refractivity contribution in [2.45, 2.75) is 52.6 Å². The molecule has 1 unspecified atom stereocenters. The Labute approximate surface area is 183 Å². The number of hydrogen-bond acceptors (Lipinski definition) is 5. The first-order chi connectivity index (χ1) is 14.5. The standard InChI is InChI=1S/C22H44N6O2/c1-4-24-22(26-15-20-17-28(13-14-30-20)16-18(2)3)25-9-5-6-10-27-11-7-19(8-12-27)21(23)29/h18-20H,4-17H2,1-3H3,(H2,23,29)(H2,24,25,26). The summed E-state index contributed by atoms with van der Waals surface area (Å²) in [4.78, 5) is 20.9. The molecule has 0 radical (unpaired) electrons. The Morgan fingerprint density at radius 3 is 2.60 bits per heavy atom. The van der Waals surface area contributed by atoms with E-state index in [9.17, 15) is 4.79 Å². The van der Waals surface area contributed by atoms with Crippen LogP contribution in [0.1, 0.15) is 46.5 Å². The summed E-state index contributed by atoms with van der Waals surface area (Å²) in [5.41, 5.74) is 5.41. The van der Waals surface area contributed by atoms with Gasteiger partial charge in [0.1, 0.15) is 0 Å². The third-order valence-corrected chi connectivity index (χ3v) is 5.83. The molecular weight excluding hydrogens is 380 g/mol. The maximum absolute atomic E-state index is 11.3. The van der Waals surface area contributed by atoms with E-state index in [1.807, 2.05) is 0 Å². The first-order valence-electron chi connectivity index (χ1n) is 11.9. The molecule has 1 atom stereocenters. The average molecular weight is 425 g/mol. The van der Waals surface area contributed by atoms with Gasteiger partial charge in [0.15, 0.2) is 5.96 Å². The molecule has 2 heterocycles. The summed E-state index contributed by atoms with van der Waals surface area (Å²) in [5.74, 6) is 1.50. The Bertz CT molecular complexity index is 520. The normalized spacial score (nSPS) is 22.4. The van der Waals surface area contributed by atoms with Crippen LogP contribution in [0.25, 0.3) is 0 Å². The van der Waals surface area contributed by atoms with Gasteiger partial charge in [-0.05, 0) is 58.2 Å². The minimum Gasteiger partial charge on any atom is -0.374 e. The van der Waals surface area contributed by atoms with E-state index in [0.717, 1.165) is 90.6 Å². The van der Waals surface area contributed by atoms with Crippen LogP contribution in [0.2, 0.25) is 0 Å². The Kier molecular flexibility index (Phi) is 11.5. The fourth-order valence-electron chi connectivity index (χ4n) is 4.22. The Balaban J connectivity index is 1.62. The van der Waals surface area contributed by atoms with Gasteiger partial charge in [0, 0.05) is 38.6 Å². The smallest absolute Gasteiger partial charge is 0.220 e. The number of morpholine rings is 1. The number of carbonyl (C=O) groups excluding carboxylic acids is 1. The molecule has 2 saturated heterocycles. The number of hydrogen-bond donors (Lipinski definition) is 3. The molecule has 2 aliphatic rings. The van der Waals surface area contributed by atoms with Gasteiger partial charge in [-0.3, -0.25) is 14.7 Å². The molecule has 0 aromatic rings. The second-order valence-electron chi connectivity index (χ2n) is 9.02. The number of primary amides is 1. The van der Waals surface area contributed by atoms with E-state index in [1.54, 1.807) is 0 Å². The zero-order valence-electron chi connectivity index (χ0n) is 19.4. The number of nitrogens with zero attached hydrogens (tertiary/aromatic N) is 3. The molecular formula is C22H44N6O2. The molecule has 2 rings (SSSR count). The zero-order valence-corrected chi connectivity index (χ0v) is 19.4. The second kappa shape index (κ2) is 13.8. The van der Waals surface area contributed by atoms with Crippen LogP contribution in [0.15, 0.2) is 4.99 Å². The third-order valence-electron chi connectivity index (χ3n) is 5.83. The molecule has 0 spiro atoms. The van der Waals surface area contributed by atoms with E-state index in [2.05, 4.69) is 41.2 Å². The summed E-state index contributed by atoms with van der Waals surface area (Å²) in [7, 11) is 0. The predicted molar refractivity (Wildman–Crippen MR) is 123 cm³/mol. The van der Waals surface area contributed by atoms with Crippen LogP contribution < -0.4 is 16.4 Å². The van der Waals surface area contributed by atoms with Crippen molar-refractivity contribution in [1.29, 1.82) is 0 Å². The minimum absolute atomic E-state index is 0.0763. The molecule has 0 saturated carbocycles. The number of unbranched alkanes of at least 4 members (excludes halogenated alkanes) is 1. The molecule has 0 aromatic carbocycles. The molecule has 2 fully saturated rings. The van der Waals surface area contributed by atoms with Crippen molar-refractivity contribution < 1.29 is 9.53 Å². The molecule has 0 bridgehead atoms. The first kappa shape index (κ1) is 24.9. The van der Waals surface area contributed by atoms with Crippen molar-refractivity contribution >= 4 is 11.9 Å². The van der Waals surface area contributed by atoms with Crippen molar-refractivity contribution in [3.63, 3.8) is 0 Å². The van der Waals surface area contributed by atoms with Crippen LogP contribution in [-0.2, 0) is 9.53 Å². The quantitative estimate of drug-likeness (QED) is 0.259. The third kappa shape index (κ3) is 9.62. The van der Waals surface area contributed by atoms with E-state index < -0.39 is 0 Å². The Morgan fingerprint density at radius 2 is 1.93 bits per heavy atom. The van der Waals surface area contributed by atoms with E-state index in [0.29, 0.717) is 12.5 Å². The van der Waals surface area contributed by atoms with Crippen LogP contribution in [0, 0.1) is 11.8 Å². The molecule has 0 aliphatic carbocycles. The molecule has 8 nitrogen and oxygen atoms in total. The number of aliphatic imine (C=N–C) groups is 1. The van der Waals surface area contributed by atoms with Crippen molar-refractivity contribution in [3.8, 4) is 0 Å². The number of amides is 1. The number of rotatable bonds is 11. The van der Waals surface area contributed by atoms with Crippen LogP contribution in [0.5, 0.6) is 0 Å². The molecule has 30 heavy (non-hydrogen) atoms. The lowest BCUT2D eigenvalue weighted by Gasteiger charge is -2.33. The van der Waals surface area contributed by atoms with Gasteiger partial charge in [-0.1, -0.05) is 13.8 Å². The number of likely N-dealkylation sites (tertiary alicyclic amines) is 1. The fraction of sp³-hybridized carbons (Fsp3) is 0.909. The second-order valence-corrected chi connectivity index (χ2v) is 9.02. The molecule has 0 aromatic heterocycles. The Hall–Kier alpha value is -1.38. The lowest BCUT2D eigenvalue weighted by molar-refractivity contribution is -0.123. The van der Waals surface area contributed by atoms with Gasteiger partial charge in [-0.15, -0.1) is 0 Å². The highest BCUT2D eigenvalue weighted by Crippen LogP contribution is 2.16. The highest BCUT2D eigenvalue weighted by molar-refractivity contribution is 5.79. The maximum atomic E-state index is 11.3. The summed E-state index contributed by atoms with van der Waals surface area (Å²) in [6.45, 7) is 16.1. The lowest BCUT2D eigenvalue weighted by atomic mass is 9.96. The number of guanidine groups is 1. The van der Waals surface area contributed by atoms with Crippen LogP contribution in [-0.4, -0.2) is 93.3 Å². The molecule has 4 N–H and O–H groups in total. The van der Waals surface area contributed by atoms with E-state index in [4.69, 9.17) is 15.5 Å². The van der Waals surface area contributed by atoms with Crippen molar-refractivity contribution in [2.24, 2.45) is 22.6 Å². The maximum Gasteiger partial charge on any atom is 0.220 e. The zero-order chi connectivity index (χ0) is 21.8. The van der Waals surface area contributed by atoms with E-state index in [-0.39, 0.29) is 17.9 Å². The summed E-state index contributed by atoms with van der Waals surface area (Å²) in [6.07, 6.45) is 4.23. The van der Waals surface area contributed by atoms with Gasteiger partial charge in [0.25, 0.3) is 0 Å². The highest BCUT2D eigenvalue weighted by atomic mass is 16.5. The SMILES string of the molecule is CCNC(=NCC1CN(CC(C)C)CCO1)NCCCCN1CCC(C(N)=O)CC1. The molecule has 174 valence electrons. The van der Waals surface area contributed by atoms with Crippen molar-refractivity contribution in [2.75, 3.05) is 65.5 Å². The van der Waals surface area contributed by atoms with Gasteiger partial charge in [0.2, 0.25) is 5.91 Å².